The quantitative estimate of drug-likeness (QED) is 0.756. The molecule has 3 aromatic rings. The van der Waals surface area contributed by atoms with Crippen molar-refractivity contribution in [3.8, 4) is 5.75 Å². The molecule has 0 spiro atoms. The van der Waals surface area contributed by atoms with Gasteiger partial charge in [0, 0.05) is 12.6 Å². The molecule has 0 unspecified atom stereocenters. The Morgan fingerprint density at radius 2 is 2.10 bits per heavy atom. The minimum atomic E-state index is -0.281. The average Bonchev–Trinajstić information content (AvgIpc) is 2.87. The van der Waals surface area contributed by atoms with Crippen molar-refractivity contribution in [3.63, 3.8) is 0 Å². The normalized spacial score (nSPS) is 10.8. The molecule has 7 nitrogen and oxygen atoms in total. The molecule has 0 aliphatic carbocycles. The second-order valence-electron chi connectivity index (χ2n) is 4.61. The van der Waals surface area contributed by atoms with E-state index in [4.69, 9.17) is 4.74 Å². The highest BCUT2D eigenvalue weighted by Gasteiger charge is 2.06. The molecule has 0 radical (unpaired) electrons. The number of nitrogens with zero attached hydrogens (tertiary/aromatic N) is 3. The molecule has 2 heterocycles. The predicted octanol–water partition coefficient (Wildman–Crippen LogP) is 1.35. The van der Waals surface area contributed by atoms with Crippen LogP contribution in [0, 0.1) is 6.92 Å². The fourth-order valence-electron chi connectivity index (χ4n) is 2.12. The van der Waals surface area contributed by atoms with Gasteiger partial charge >= 0.3 is 5.69 Å². The molecule has 7 heteroatoms. The molecule has 108 valence electrons. The standard InChI is InChI=1S/C14H15N5O2/c1-9-16-12(7-13-17-18-14(20)19(9)13)15-8-10-3-5-11(21-2)6-4-10/h3-7,15H,8H2,1-2H3,(H,18,20). The number of hydrogen-bond donors (Lipinski definition) is 2. The molecular formula is C14H15N5O2. The van der Waals surface area contributed by atoms with E-state index in [1.165, 1.54) is 4.40 Å². The summed E-state index contributed by atoms with van der Waals surface area (Å²) in [5, 5.41) is 9.57. The fraction of sp³-hybridized carbons (Fsp3) is 0.214. The largest absolute Gasteiger partial charge is 0.497 e. The number of benzene rings is 1. The molecule has 21 heavy (non-hydrogen) atoms. The van der Waals surface area contributed by atoms with E-state index < -0.39 is 0 Å². The van der Waals surface area contributed by atoms with Crippen molar-refractivity contribution in [3.05, 3.63) is 52.2 Å². The first-order valence-electron chi connectivity index (χ1n) is 6.49. The number of anilines is 1. The van der Waals surface area contributed by atoms with E-state index >= 15 is 0 Å². The van der Waals surface area contributed by atoms with Crippen molar-refractivity contribution in [1.82, 2.24) is 19.6 Å². The summed E-state index contributed by atoms with van der Waals surface area (Å²) >= 11 is 0. The first-order chi connectivity index (χ1) is 10.2. The zero-order valence-corrected chi connectivity index (χ0v) is 11.8. The Hall–Kier alpha value is -2.83. The summed E-state index contributed by atoms with van der Waals surface area (Å²) in [6, 6.07) is 9.51. The van der Waals surface area contributed by atoms with Crippen molar-refractivity contribution in [2.45, 2.75) is 13.5 Å². The second-order valence-corrected chi connectivity index (χ2v) is 4.61. The molecule has 0 bridgehead atoms. The van der Waals surface area contributed by atoms with Crippen molar-refractivity contribution >= 4 is 11.5 Å². The van der Waals surface area contributed by atoms with Crippen LogP contribution in [0.5, 0.6) is 5.75 Å². The third-order valence-corrected chi connectivity index (χ3v) is 3.20. The van der Waals surface area contributed by atoms with Crippen LogP contribution in [0.25, 0.3) is 5.65 Å². The Balaban J connectivity index is 1.79. The first-order valence-corrected chi connectivity index (χ1v) is 6.49. The third kappa shape index (κ3) is 2.58. The van der Waals surface area contributed by atoms with Gasteiger partial charge in [0.05, 0.1) is 7.11 Å². The second kappa shape index (κ2) is 5.28. The number of nitrogens with one attached hydrogen (secondary N) is 2. The number of ether oxygens (including phenoxy) is 1. The number of fused-ring (bicyclic) bond motifs is 1. The lowest BCUT2D eigenvalue weighted by molar-refractivity contribution is 0.414. The third-order valence-electron chi connectivity index (χ3n) is 3.20. The summed E-state index contributed by atoms with van der Waals surface area (Å²) in [4.78, 5) is 15.9. The van der Waals surface area contributed by atoms with E-state index in [9.17, 15) is 4.79 Å². The van der Waals surface area contributed by atoms with Gasteiger partial charge < -0.3 is 10.1 Å². The molecule has 3 rings (SSSR count). The van der Waals surface area contributed by atoms with Crippen molar-refractivity contribution < 1.29 is 4.74 Å². The van der Waals surface area contributed by atoms with Crippen LogP contribution in [0.4, 0.5) is 5.82 Å². The lowest BCUT2D eigenvalue weighted by Gasteiger charge is -2.08. The van der Waals surface area contributed by atoms with Gasteiger partial charge in [0.1, 0.15) is 17.4 Å². The highest BCUT2D eigenvalue weighted by molar-refractivity contribution is 5.50. The van der Waals surface area contributed by atoms with E-state index in [2.05, 4.69) is 20.5 Å². The summed E-state index contributed by atoms with van der Waals surface area (Å²) in [6.45, 7) is 2.39. The molecule has 2 N–H and O–H groups in total. The first kappa shape index (κ1) is 13.2. The van der Waals surface area contributed by atoms with Crippen LogP contribution in [0.3, 0.4) is 0 Å². The summed E-state index contributed by atoms with van der Waals surface area (Å²) in [7, 11) is 1.64. The number of rotatable bonds is 4. The average molecular weight is 285 g/mol. The zero-order valence-electron chi connectivity index (χ0n) is 11.8. The molecule has 0 atom stereocenters. The number of H-pyrrole nitrogens is 1. The van der Waals surface area contributed by atoms with Gasteiger partial charge in [-0.3, -0.25) is 0 Å². The minimum absolute atomic E-state index is 0.281. The molecule has 0 amide bonds. The maximum atomic E-state index is 11.5. The summed E-state index contributed by atoms with van der Waals surface area (Å²) < 4.78 is 6.55. The van der Waals surface area contributed by atoms with E-state index in [1.807, 2.05) is 24.3 Å². The van der Waals surface area contributed by atoms with Crippen LogP contribution in [-0.2, 0) is 6.54 Å². The van der Waals surface area contributed by atoms with E-state index in [1.54, 1.807) is 20.1 Å². The van der Waals surface area contributed by atoms with Gasteiger partial charge in [-0.15, -0.1) is 0 Å². The van der Waals surface area contributed by atoms with Crippen LogP contribution in [0.2, 0.25) is 0 Å². The van der Waals surface area contributed by atoms with Gasteiger partial charge in [0.15, 0.2) is 5.65 Å². The lowest BCUT2D eigenvalue weighted by atomic mass is 10.2. The highest BCUT2D eigenvalue weighted by atomic mass is 16.5. The Morgan fingerprint density at radius 1 is 1.33 bits per heavy atom. The van der Waals surface area contributed by atoms with Crippen LogP contribution in [-0.4, -0.2) is 26.7 Å². The van der Waals surface area contributed by atoms with Crippen LogP contribution in [0.15, 0.2) is 35.1 Å². The SMILES string of the molecule is COc1ccc(CNc2cc3n[nH]c(=O)n3c(C)n2)cc1. The van der Waals surface area contributed by atoms with Crippen molar-refractivity contribution in [2.24, 2.45) is 0 Å². The molecule has 0 fully saturated rings. The van der Waals surface area contributed by atoms with Gasteiger partial charge in [0.25, 0.3) is 0 Å². The van der Waals surface area contributed by atoms with E-state index in [-0.39, 0.29) is 5.69 Å². The fourth-order valence-corrected chi connectivity index (χ4v) is 2.12. The van der Waals surface area contributed by atoms with E-state index in [0.717, 1.165) is 11.3 Å². The van der Waals surface area contributed by atoms with Crippen LogP contribution >= 0.6 is 0 Å². The Labute approximate surface area is 120 Å². The smallest absolute Gasteiger partial charge is 0.349 e. The highest BCUT2D eigenvalue weighted by Crippen LogP contribution is 2.13. The number of aryl methyl sites for hydroxylation is 1. The molecule has 2 aromatic heterocycles. The number of hydrogen-bond acceptors (Lipinski definition) is 5. The molecule has 0 saturated carbocycles. The van der Waals surface area contributed by atoms with Crippen molar-refractivity contribution in [2.75, 3.05) is 12.4 Å². The lowest BCUT2D eigenvalue weighted by Crippen LogP contribution is -2.14. The topological polar surface area (TPSA) is 84.3 Å². The van der Waals surface area contributed by atoms with Gasteiger partial charge in [-0.25, -0.2) is 19.3 Å². The van der Waals surface area contributed by atoms with Crippen LogP contribution in [0.1, 0.15) is 11.4 Å². The molecule has 0 aliphatic rings. The minimum Gasteiger partial charge on any atom is -0.497 e. The van der Waals surface area contributed by atoms with Crippen molar-refractivity contribution in [1.29, 1.82) is 0 Å². The molecule has 0 saturated heterocycles. The Kier molecular flexibility index (Phi) is 3.31. The molecule has 1 aromatic carbocycles. The summed E-state index contributed by atoms with van der Waals surface area (Å²) in [6.07, 6.45) is 0. The number of aromatic amines is 1. The van der Waals surface area contributed by atoms with Gasteiger partial charge in [-0.2, -0.15) is 5.10 Å². The van der Waals surface area contributed by atoms with Gasteiger partial charge in [0.2, 0.25) is 0 Å². The molecule has 0 aliphatic heterocycles. The van der Waals surface area contributed by atoms with Gasteiger partial charge in [-0.05, 0) is 24.6 Å². The molecular weight excluding hydrogens is 270 g/mol. The van der Waals surface area contributed by atoms with E-state index in [0.29, 0.717) is 23.8 Å². The predicted molar refractivity (Wildman–Crippen MR) is 78.7 cm³/mol. The summed E-state index contributed by atoms with van der Waals surface area (Å²) in [5.74, 6) is 2.09. The Bertz CT molecular complexity index is 819. The maximum Gasteiger partial charge on any atom is 0.349 e. The number of aromatic nitrogens is 4. The number of methoxy groups -OCH3 is 1. The van der Waals surface area contributed by atoms with Crippen LogP contribution < -0.4 is 15.7 Å². The summed E-state index contributed by atoms with van der Waals surface area (Å²) in [5.41, 5.74) is 1.37. The Morgan fingerprint density at radius 3 is 2.81 bits per heavy atom. The monoisotopic (exact) mass is 285 g/mol. The van der Waals surface area contributed by atoms with Gasteiger partial charge in [-0.1, -0.05) is 12.1 Å². The zero-order chi connectivity index (χ0) is 14.8. The maximum absolute atomic E-state index is 11.5.